The number of fused-ring (bicyclic) bond motifs is 5. The van der Waals surface area contributed by atoms with E-state index in [2.05, 4.69) is 16.9 Å². The van der Waals surface area contributed by atoms with E-state index in [9.17, 15) is 8.42 Å². The molecule has 0 spiro atoms. The van der Waals surface area contributed by atoms with Crippen LogP contribution in [0.4, 0.5) is 8.78 Å². The normalized spacial score (nSPS) is 24.3. The molecule has 1 saturated heterocycles. The van der Waals surface area contributed by atoms with Crippen molar-refractivity contribution < 1.29 is 17.2 Å². The molecule has 2 aliphatic rings. The van der Waals surface area contributed by atoms with Crippen molar-refractivity contribution in [1.82, 2.24) is 14.6 Å². The molecular weight excluding hydrogens is 444 g/mol. The largest absolute Gasteiger partial charge is 0.305 e. The average Bonchev–Trinajstić information content (AvgIpc) is 3.18. The lowest BCUT2D eigenvalue weighted by Gasteiger charge is -2.34. The Morgan fingerprint density at radius 3 is 2.70 bits per heavy atom. The molecule has 2 bridgehead atoms. The number of nitrogens with zero attached hydrogens (tertiary/aromatic N) is 2. The fraction of sp³-hybridized carbons (Fsp3) is 0.560. The van der Waals surface area contributed by atoms with Crippen LogP contribution in [-0.2, 0) is 22.9 Å². The highest BCUT2D eigenvalue weighted by molar-refractivity contribution is 7.89. The smallest absolute Gasteiger partial charge is 0.253 e. The number of aryl methyl sites for hydroxylation is 1. The van der Waals surface area contributed by atoms with Crippen molar-refractivity contribution in [1.29, 1.82) is 0 Å². The molecule has 0 radical (unpaired) electrons. The number of sulfonamides is 1. The molecule has 1 aromatic heterocycles. The second kappa shape index (κ2) is 10.2. The van der Waals surface area contributed by atoms with Crippen LogP contribution < -0.4 is 4.72 Å². The second-order valence-corrected chi connectivity index (χ2v) is 11.2. The van der Waals surface area contributed by atoms with Crippen LogP contribution in [0, 0.1) is 0 Å². The summed E-state index contributed by atoms with van der Waals surface area (Å²) in [6.45, 7) is 1.72. The zero-order valence-electron chi connectivity index (χ0n) is 19.1. The zero-order valence-corrected chi connectivity index (χ0v) is 20.0. The van der Waals surface area contributed by atoms with E-state index in [-0.39, 0.29) is 25.1 Å². The molecule has 1 aromatic carbocycles. The van der Waals surface area contributed by atoms with Crippen LogP contribution in [0.1, 0.15) is 56.7 Å². The second-order valence-electron chi connectivity index (χ2n) is 9.13. The maximum Gasteiger partial charge on any atom is 0.305 e. The summed E-state index contributed by atoms with van der Waals surface area (Å²) in [5, 5.41) is 0. The van der Waals surface area contributed by atoms with Crippen molar-refractivity contribution in [3.8, 4) is 11.3 Å². The quantitative estimate of drug-likeness (QED) is 0.647. The van der Waals surface area contributed by atoms with Gasteiger partial charge in [-0.1, -0.05) is 43.2 Å². The molecule has 4 rings (SSSR count). The number of benzene rings is 1. The van der Waals surface area contributed by atoms with Crippen LogP contribution in [0.2, 0.25) is 0 Å². The van der Waals surface area contributed by atoms with Gasteiger partial charge in [-0.2, -0.15) is 8.78 Å². The van der Waals surface area contributed by atoms with E-state index >= 15 is 8.78 Å². The summed E-state index contributed by atoms with van der Waals surface area (Å²) >= 11 is 0. The van der Waals surface area contributed by atoms with Crippen LogP contribution in [0.25, 0.3) is 11.3 Å². The molecule has 2 aromatic rings. The van der Waals surface area contributed by atoms with Crippen LogP contribution in [-0.4, -0.2) is 48.7 Å². The molecule has 8 heteroatoms. The Morgan fingerprint density at radius 2 is 1.88 bits per heavy atom. The molecule has 2 unspecified atom stereocenters. The van der Waals surface area contributed by atoms with Gasteiger partial charge in [0.1, 0.15) is 0 Å². The molecule has 0 amide bonds. The first kappa shape index (κ1) is 24.2. The monoisotopic (exact) mass is 477 g/mol. The molecule has 2 aliphatic heterocycles. The lowest BCUT2D eigenvalue weighted by atomic mass is 9.98. The maximum absolute atomic E-state index is 15.3. The third kappa shape index (κ3) is 5.78. The Bertz CT molecular complexity index is 1060. The molecule has 1 N–H and O–H groups in total. The van der Waals surface area contributed by atoms with Crippen molar-refractivity contribution in [3.05, 3.63) is 53.7 Å². The Balaban J connectivity index is 1.71. The third-order valence-electron chi connectivity index (χ3n) is 6.87. The molecule has 5 nitrogen and oxygen atoms in total. The number of nitrogens with one attached hydrogen (secondary N) is 1. The van der Waals surface area contributed by atoms with Gasteiger partial charge >= 0.3 is 6.05 Å². The van der Waals surface area contributed by atoms with Gasteiger partial charge in [-0.3, -0.25) is 4.98 Å². The van der Waals surface area contributed by atoms with E-state index < -0.39 is 28.2 Å². The Kier molecular flexibility index (Phi) is 7.46. The molecule has 33 heavy (non-hydrogen) atoms. The molecular formula is C25H33F2N3O2S. The summed E-state index contributed by atoms with van der Waals surface area (Å²) in [4.78, 5) is 6.06. The number of rotatable bonds is 3. The number of aromatic nitrogens is 1. The van der Waals surface area contributed by atoms with Crippen LogP contribution >= 0.6 is 0 Å². The minimum Gasteiger partial charge on any atom is -0.253 e. The number of alkyl halides is 2. The first-order chi connectivity index (χ1) is 15.8. The summed E-state index contributed by atoms with van der Waals surface area (Å²) in [7, 11) is -3.51. The van der Waals surface area contributed by atoms with Gasteiger partial charge in [0, 0.05) is 42.7 Å². The van der Waals surface area contributed by atoms with Gasteiger partial charge in [-0.15, -0.1) is 0 Å². The first-order valence-corrected chi connectivity index (χ1v) is 13.6. The third-order valence-corrected chi connectivity index (χ3v) is 8.29. The Hall–Kier alpha value is -1.90. The van der Waals surface area contributed by atoms with Crippen molar-refractivity contribution in [2.45, 2.75) is 76.4 Å². The Morgan fingerprint density at radius 1 is 1.09 bits per heavy atom. The van der Waals surface area contributed by atoms with Gasteiger partial charge in [0.25, 0.3) is 0 Å². The predicted octanol–water partition coefficient (Wildman–Crippen LogP) is 4.77. The van der Waals surface area contributed by atoms with Gasteiger partial charge < -0.3 is 0 Å². The van der Waals surface area contributed by atoms with Gasteiger partial charge in [0.05, 0.1) is 11.4 Å². The van der Waals surface area contributed by atoms with Gasteiger partial charge in [0.15, 0.2) is 0 Å². The van der Waals surface area contributed by atoms with E-state index in [4.69, 9.17) is 4.98 Å². The van der Waals surface area contributed by atoms with Crippen LogP contribution in [0.3, 0.4) is 0 Å². The lowest BCUT2D eigenvalue weighted by molar-refractivity contribution is -0.159. The minimum atomic E-state index is -3.51. The number of hydrogen-bond donors (Lipinski definition) is 1. The number of halogens is 2. The van der Waals surface area contributed by atoms with Gasteiger partial charge in [0.2, 0.25) is 10.0 Å². The fourth-order valence-corrected chi connectivity index (χ4v) is 5.96. The summed E-state index contributed by atoms with van der Waals surface area (Å²) in [6.07, 6.45) is 4.39. The van der Waals surface area contributed by atoms with Gasteiger partial charge in [-0.05, 0) is 50.3 Å². The predicted molar refractivity (Wildman–Crippen MR) is 127 cm³/mol. The molecule has 1 fully saturated rings. The summed E-state index contributed by atoms with van der Waals surface area (Å²) in [6, 6.07) is 9.74. The fourth-order valence-electron chi connectivity index (χ4n) is 5.06. The first-order valence-electron chi connectivity index (χ1n) is 12.0. The minimum absolute atomic E-state index is 0.0723. The van der Waals surface area contributed by atoms with Crippen molar-refractivity contribution in [3.63, 3.8) is 0 Å². The van der Waals surface area contributed by atoms with E-state index in [0.717, 1.165) is 36.9 Å². The van der Waals surface area contributed by atoms with Crippen LogP contribution in [0.5, 0.6) is 0 Å². The standard InChI is InChI=1S/C25H33F2N3O2S/c1-2-33(31,32)29-23-15-17-30-24(23)18-20-12-9-14-22(28-20)21-13-7-6-11-19(21)10-5-3-4-8-16-25(30,26)27/h6-7,9,11-14,23-24,29H,2-5,8,10,15-18H2,1H3. The lowest BCUT2D eigenvalue weighted by Crippen LogP contribution is -2.52. The summed E-state index contributed by atoms with van der Waals surface area (Å²) < 4.78 is 57.8. The summed E-state index contributed by atoms with van der Waals surface area (Å²) in [5.74, 6) is -0.0723. The molecule has 0 saturated carbocycles. The van der Waals surface area contributed by atoms with E-state index in [1.54, 1.807) is 6.92 Å². The average molecular weight is 478 g/mol. The van der Waals surface area contributed by atoms with E-state index in [1.165, 1.54) is 10.5 Å². The zero-order chi connectivity index (χ0) is 23.5. The topological polar surface area (TPSA) is 62.3 Å². The highest BCUT2D eigenvalue weighted by Crippen LogP contribution is 2.36. The van der Waals surface area contributed by atoms with Crippen molar-refractivity contribution in [2.24, 2.45) is 0 Å². The van der Waals surface area contributed by atoms with Crippen molar-refractivity contribution in [2.75, 3.05) is 12.3 Å². The molecule has 3 heterocycles. The highest BCUT2D eigenvalue weighted by Gasteiger charge is 2.48. The molecule has 0 aliphatic carbocycles. The number of pyridine rings is 1. The molecule has 2 atom stereocenters. The Labute approximate surface area is 195 Å². The van der Waals surface area contributed by atoms with Crippen molar-refractivity contribution >= 4 is 10.0 Å². The van der Waals surface area contributed by atoms with Crippen LogP contribution in [0.15, 0.2) is 42.5 Å². The van der Waals surface area contributed by atoms with E-state index in [0.29, 0.717) is 18.5 Å². The van der Waals surface area contributed by atoms with Gasteiger partial charge in [-0.25, -0.2) is 18.0 Å². The highest BCUT2D eigenvalue weighted by atomic mass is 32.2. The SMILES string of the molecule is CCS(=O)(=O)NC1CCN2C1Cc1cccc(n1)-c1ccccc1CCCCCCC2(F)F. The number of hydrogen-bond acceptors (Lipinski definition) is 4. The summed E-state index contributed by atoms with van der Waals surface area (Å²) in [5.41, 5.74) is 3.83. The maximum atomic E-state index is 15.3. The van der Waals surface area contributed by atoms with E-state index in [1.807, 2.05) is 30.3 Å². The molecule has 180 valence electrons.